The van der Waals surface area contributed by atoms with Crippen molar-refractivity contribution in [2.45, 2.75) is 0 Å². The first-order valence-electron chi connectivity index (χ1n) is 6.67. The van der Waals surface area contributed by atoms with Crippen molar-refractivity contribution < 1.29 is 43.4 Å². The van der Waals surface area contributed by atoms with Crippen LogP contribution in [0.1, 0.15) is 0 Å². The maximum atomic E-state index is 2.00. The second kappa shape index (κ2) is 22.4. The molecule has 0 bridgehead atoms. The van der Waals surface area contributed by atoms with Gasteiger partial charge in [0.05, 0.1) is 0 Å². The van der Waals surface area contributed by atoms with Gasteiger partial charge >= 0.3 is 0 Å². The monoisotopic (exact) mass is 356 g/mol. The third-order valence-corrected chi connectivity index (χ3v) is 2.22. The molecule has 0 spiro atoms. The fourth-order valence-corrected chi connectivity index (χ4v) is 1.28. The van der Waals surface area contributed by atoms with Gasteiger partial charge in [-0.05, 0) is 128 Å². The van der Waals surface area contributed by atoms with Gasteiger partial charge in [-0.3, -0.25) is 0 Å². The minimum Gasteiger partial charge on any atom is -0.0312 e. The Balaban J connectivity index is 0. The van der Waals surface area contributed by atoms with E-state index >= 15 is 0 Å². The van der Waals surface area contributed by atoms with E-state index in [9.17, 15) is 0 Å². The van der Waals surface area contributed by atoms with Crippen LogP contribution >= 0.6 is 0 Å². The van der Waals surface area contributed by atoms with Crippen molar-refractivity contribution in [1.29, 1.82) is 0 Å². The zero-order valence-corrected chi connectivity index (χ0v) is 15.7. The van der Waals surface area contributed by atoms with Crippen molar-refractivity contribution in [2.75, 3.05) is 0 Å². The maximum Gasteiger partial charge on any atom is 0 e. The molecule has 2 heteroatoms. The van der Waals surface area contributed by atoms with Gasteiger partial charge in [0, 0.05) is 43.4 Å². The van der Waals surface area contributed by atoms with E-state index < -0.39 is 0 Å². The predicted octanol–water partition coefficient (Wildman–Crippen LogP) is 4.08. The van der Waals surface area contributed by atoms with Crippen LogP contribution in [0.25, 0.3) is 0 Å². The molecular formula is C20H20Ti2. The van der Waals surface area contributed by atoms with Crippen LogP contribution in [-0.4, -0.2) is 0 Å². The van der Waals surface area contributed by atoms with Crippen LogP contribution in [0.15, 0.2) is 0 Å². The van der Waals surface area contributed by atoms with E-state index in [2.05, 4.69) is 0 Å². The van der Waals surface area contributed by atoms with Crippen molar-refractivity contribution in [3.63, 3.8) is 0 Å². The van der Waals surface area contributed by atoms with E-state index in [4.69, 9.17) is 0 Å². The molecule has 108 valence electrons. The number of hydrogen-bond acceptors (Lipinski definition) is 0. The van der Waals surface area contributed by atoms with Crippen LogP contribution in [0.3, 0.4) is 0 Å². The molecule has 20 radical (unpaired) electrons. The van der Waals surface area contributed by atoms with Gasteiger partial charge in [0.25, 0.3) is 0 Å². The first-order valence-corrected chi connectivity index (χ1v) is 6.67. The van der Waals surface area contributed by atoms with Crippen LogP contribution in [0.5, 0.6) is 0 Å². The Hall–Kier alpha value is 1.43. The summed E-state index contributed by atoms with van der Waals surface area (Å²) in [5.74, 6) is 0. The van der Waals surface area contributed by atoms with Gasteiger partial charge in [-0.15, -0.1) is 0 Å². The molecular weight excluding hydrogens is 336 g/mol. The average Bonchev–Trinajstić information content (AvgIpc) is 3.40. The van der Waals surface area contributed by atoms with E-state index in [0.717, 1.165) is 0 Å². The Kier molecular flexibility index (Phi) is 26.2. The zero-order chi connectivity index (χ0) is 14.1. The fraction of sp³-hybridized carbons (Fsp3) is 0. The minimum absolute atomic E-state index is 0. The van der Waals surface area contributed by atoms with Crippen LogP contribution in [0.4, 0.5) is 0 Å². The Morgan fingerprint density at radius 1 is 0.136 bits per heavy atom. The third kappa shape index (κ3) is 19.5. The summed E-state index contributed by atoms with van der Waals surface area (Å²) < 4.78 is 0. The van der Waals surface area contributed by atoms with E-state index in [1.54, 1.807) is 0 Å². The predicted molar refractivity (Wildman–Crippen MR) is 86.0 cm³/mol. The van der Waals surface area contributed by atoms with Crippen molar-refractivity contribution in [2.24, 2.45) is 0 Å². The fourth-order valence-electron chi connectivity index (χ4n) is 1.28. The first-order chi connectivity index (χ1) is 10.0. The van der Waals surface area contributed by atoms with Crippen LogP contribution in [0.2, 0.25) is 0 Å². The second-order valence-electron chi connectivity index (χ2n) is 3.85. The minimum atomic E-state index is 0. The van der Waals surface area contributed by atoms with E-state index in [0.29, 0.717) is 0 Å². The molecule has 0 N–H and O–H groups in total. The van der Waals surface area contributed by atoms with Crippen molar-refractivity contribution in [3.8, 4) is 0 Å². The number of hydrogen-bond donors (Lipinski definition) is 0. The molecule has 22 heavy (non-hydrogen) atoms. The van der Waals surface area contributed by atoms with Gasteiger partial charge in [0.15, 0.2) is 0 Å². The summed E-state index contributed by atoms with van der Waals surface area (Å²) >= 11 is 0. The standard InChI is InChI=1S/4C5H5.2Ti/c4*1-2-4-5-3-1;;/h4*1-5H;;. The molecule has 4 aliphatic rings. The Morgan fingerprint density at radius 2 is 0.182 bits per heavy atom. The average molecular weight is 356 g/mol. The summed E-state index contributed by atoms with van der Waals surface area (Å²) in [6, 6.07) is 0. The van der Waals surface area contributed by atoms with Gasteiger partial charge < -0.3 is 0 Å². The summed E-state index contributed by atoms with van der Waals surface area (Å²) in [6.45, 7) is 0. The van der Waals surface area contributed by atoms with Gasteiger partial charge in [-0.2, -0.15) is 0 Å². The van der Waals surface area contributed by atoms with Gasteiger partial charge in [-0.25, -0.2) is 0 Å². The SMILES string of the molecule is [CH]1[CH][CH][CH][CH]1.[CH]1[CH][CH][CH][CH]1.[CH]1[CH][CH][CH][CH]1.[CH]1[CH][CH][CH][CH]1.[Ti].[Ti]. The van der Waals surface area contributed by atoms with Gasteiger partial charge in [-0.1, -0.05) is 0 Å². The molecule has 0 saturated heterocycles. The molecule has 4 rings (SSSR count). The first kappa shape index (κ1) is 25.7. The van der Waals surface area contributed by atoms with Crippen molar-refractivity contribution in [3.05, 3.63) is 128 Å². The Bertz CT molecular complexity index is 96.1. The molecule has 0 nitrogen and oxygen atoms in total. The summed E-state index contributed by atoms with van der Waals surface area (Å²) in [5.41, 5.74) is 0. The quantitative estimate of drug-likeness (QED) is 0.574. The van der Waals surface area contributed by atoms with E-state index in [1.165, 1.54) is 0 Å². The zero-order valence-electron chi connectivity index (χ0n) is 12.5. The summed E-state index contributed by atoms with van der Waals surface area (Å²) in [4.78, 5) is 0. The molecule has 0 heterocycles. The summed E-state index contributed by atoms with van der Waals surface area (Å²) in [7, 11) is 0. The third-order valence-electron chi connectivity index (χ3n) is 2.22. The molecule has 4 saturated carbocycles. The van der Waals surface area contributed by atoms with Gasteiger partial charge in [0.2, 0.25) is 0 Å². The van der Waals surface area contributed by atoms with Crippen LogP contribution in [-0.2, 0) is 43.4 Å². The Morgan fingerprint density at radius 3 is 0.227 bits per heavy atom. The second-order valence-corrected chi connectivity index (χ2v) is 3.85. The normalized spacial score (nSPS) is 21.8. The molecule has 4 aliphatic carbocycles. The largest absolute Gasteiger partial charge is 0.0312 e. The van der Waals surface area contributed by atoms with Crippen molar-refractivity contribution >= 4 is 0 Å². The smallest absolute Gasteiger partial charge is 0 e. The molecule has 0 unspecified atom stereocenters. The topological polar surface area (TPSA) is 0 Å². The molecule has 0 aromatic carbocycles. The maximum absolute atomic E-state index is 2.00. The molecule has 4 fully saturated rings. The number of rotatable bonds is 0. The van der Waals surface area contributed by atoms with E-state index in [1.807, 2.05) is 128 Å². The van der Waals surface area contributed by atoms with Gasteiger partial charge in [0.1, 0.15) is 0 Å². The van der Waals surface area contributed by atoms with Crippen LogP contribution in [0, 0.1) is 128 Å². The molecule has 0 atom stereocenters. The molecule has 0 aliphatic heterocycles. The summed E-state index contributed by atoms with van der Waals surface area (Å²) in [6.07, 6.45) is 40.0. The molecule has 0 aromatic heterocycles. The van der Waals surface area contributed by atoms with Crippen molar-refractivity contribution in [1.82, 2.24) is 0 Å². The van der Waals surface area contributed by atoms with Crippen LogP contribution < -0.4 is 0 Å². The van der Waals surface area contributed by atoms with E-state index in [-0.39, 0.29) is 43.4 Å². The Labute approximate surface area is 171 Å². The summed E-state index contributed by atoms with van der Waals surface area (Å²) in [5, 5.41) is 0. The molecule has 0 aromatic rings. The molecule has 0 amide bonds.